The van der Waals surface area contributed by atoms with E-state index in [9.17, 15) is 9.90 Å². The summed E-state index contributed by atoms with van der Waals surface area (Å²) in [5.74, 6) is 0.0176. The average Bonchev–Trinajstić information content (AvgIpc) is 3.25. The summed E-state index contributed by atoms with van der Waals surface area (Å²) in [5, 5.41) is 12.0. The molecule has 0 aliphatic rings. The Morgan fingerprint density at radius 2 is 1.32 bits per heavy atom. The molecule has 1 N–H and O–H groups in total. The smallest absolute Gasteiger partial charge is 0.159 e. The Hall–Kier alpha value is -3.43. The first kappa shape index (κ1) is 18.0. The molecule has 4 rings (SSSR count). The number of hydrogen-bond donors (Lipinski definition) is 1. The molecule has 1 aromatic heterocycles. The summed E-state index contributed by atoms with van der Waals surface area (Å²) in [6.45, 7) is 1.54. The number of carbonyl (C=O) groups excluding carboxylic acids is 1. The number of rotatable bonds is 5. The van der Waals surface area contributed by atoms with Crippen molar-refractivity contribution in [1.82, 2.24) is 0 Å². The van der Waals surface area contributed by atoms with Crippen LogP contribution in [0.3, 0.4) is 0 Å². The predicted molar refractivity (Wildman–Crippen MR) is 109 cm³/mol. The fourth-order valence-electron chi connectivity index (χ4n) is 3.52. The first-order valence-corrected chi connectivity index (χ1v) is 9.12. The van der Waals surface area contributed by atoms with E-state index in [0.717, 1.165) is 22.3 Å². The molecule has 0 saturated carbocycles. The van der Waals surface area contributed by atoms with Gasteiger partial charge in [-0.25, -0.2) is 0 Å². The van der Waals surface area contributed by atoms with Crippen molar-refractivity contribution < 1.29 is 14.3 Å². The van der Waals surface area contributed by atoms with E-state index in [4.69, 9.17) is 4.42 Å². The summed E-state index contributed by atoms with van der Waals surface area (Å²) in [4.78, 5) is 11.6. The largest absolute Gasteiger partial charge is 0.472 e. The van der Waals surface area contributed by atoms with Gasteiger partial charge in [0.15, 0.2) is 5.78 Å². The fourth-order valence-corrected chi connectivity index (χ4v) is 3.52. The summed E-state index contributed by atoms with van der Waals surface area (Å²) in [6.07, 6.45) is 3.23. The third kappa shape index (κ3) is 3.06. The van der Waals surface area contributed by atoms with Gasteiger partial charge >= 0.3 is 0 Å². The van der Waals surface area contributed by atoms with Crippen LogP contribution >= 0.6 is 0 Å². The third-order valence-corrected chi connectivity index (χ3v) is 5.04. The lowest BCUT2D eigenvalue weighted by molar-refractivity contribution is 0.101. The van der Waals surface area contributed by atoms with Crippen molar-refractivity contribution in [3.63, 3.8) is 0 Å². The molecule has 1 heterocycles. The van der Waals surface area contributed by atoms with Gasteiger partial charge in [-0.15, -0.1) is 0 Å². The van der Waals surface area contributed by atoms with Gasteiger partial charge in [0.05, 0.1) is 12.5 Å². The summed E-state index contributed by atoms with van der Waals surface area (Å²) in [5.41, 5.74) is 3.10. The minimum absolute atomic E-state index is 0.0176. The molecule has 0 aliphatic carbocycles. The molecule has 3 nitrogen and oxygen atoms in total. The maximum Gasteiger partial charge on any atom is 0.159 e. The zero-order valence-electron chi connectivity index (χ0n) is 15.5. The zero-order valence-corrected chi connectivity index (χ0v) is 15.5. The lowest BCUT2D eigenvalue weighted by atomic mass is 9.79. The van der Waals surface area contributed by atoms with E-state index in [2.05, 4.69) is 0 Å². The highest BCUT2D eigenvalue weighted by atomic mass is 16.3. The van der Waals surface area contributed by atoms with Crippen LogP contribution in [0.5, 0.6) is 0 Å². The fraction of sp³-hybridized carbons (Fsp3) is 0.0800. The van der Waals surface area contributed by atoms with E-state index in [1.165, 1.54) is 0 Å². The molecule has 0 atom stereocenters. The quantitative estimate of drug-likeness (QED) is 0.478. The van der Waals surface area contributed by atoms with Gasteiger partial charge < -0.3 is 9.52 Å². The van der Waals surface area contributed by atoms with Gasteiger partial charge in [0.1, 0.15) is 5.60 Å². The van der Waals surface area contributed by atoms with Crippen molar-refractivity contribution in [2.75, 3.05) is 0 Å². The highest BCUT2D eigenvalue weighted by molar-refractivity contribution is 5.94. The maximum atomic E-state index is 12.0. The van der Waals surface area contributed by atoms with Crippen LogP contribution in [0.25, 0.3) is 11.1 Å². The van der Waals surface area contributed by atoms with Gasteiger partial charge in [0.25, 0.3) is 0 Å². The number of hydrogen-bond acceptors (Lipinski definition) is 3. The minimum Gasteiger partial charge on any atom is -0.472 e. The molecule has 0 fully saturated rings. The molecule has 0 aliphatic heterocycles. The third-order valence-electron chi connectivity index (χ3n) is 5.04. The molecule has 0 bridgehead atoms. The molecule has 3 heteroatoms. The van der Waals surface area contributed by atoms with Gasteiger partial charge in [-0.1, -0.05) is 84.9 Å². The van der Waals surface area contributed by atoms with E-state index in [-0.39, 0.29) is 5.78 Å². The number of ketones is 1. The first-order chi connectivity index (χ1) is 13.6. The van der Waals surface area contributed by atoms with Gasteiger partial charge in [-0.3, -0.25) is 4.79 Å². The Morgan fingerprint density at radius 1 is 0.786 bits per heavy atom. The van der Waals surface area contributed by atoms with Crippen molar-refractivity contribution in [3.8, 4) is 11.1 Å². The van der Waals surface area contributed by atoms with Crippen molar-refractivity contribution >= 4 is 5.78 Å². The van der Waals surface area contributed by atoms with Crippen LogP contribution in [-0.4, -0.2) is 10.9 Å². The number of benzene rings is 3. The molecular formula is C25H20O3. The van der Waals surface area contributed by atoms with Crippen molar-refractivity contribution in [2.45, 2.75) is 12.5 Å². The molecule has 0 spiro atoms. The maximum absolute atomic E-state index is 12.0. The van der Waals surface area contributed by atoms with Crippen molar-refractivity contribution in [3.05, 3.63) is 120 Å². The predicted octanol–water partition coefficient (Wildman–Crippen LogP) is 5.43. The van der Waals surface area contributed by atoms with Crippen LogP contribution in [0.1, 0.15) is 34.0 Å². The normalized spacial score (nSPS) is 11.4. The van der Waals surface area contributed by atoms with Crippen molar-refractivity contribution in [2.24, 2.45) is 0 Å². The van der Waals surface area contributed by atoms with Crippen LogP contribution in [0.4, 0.5) is 0 Å². The van der Waals surface area contributed by atoms with E-state index in [0.29, 0.717) is 11.1 Å². The molecule has 3 aromatic carbocycles. The second kappa shape index (κ2) is 7.29. The highest BCUT2D eigenvalue weighted by Gasteiger charge is 2.37. The van der Waals surface area contributed by atoms with Gasteiger partial charge in [-0.05, 0) is 23.6 Å². The highest BCUT2D eigenvalue weighted by Crippen LogP contribution is 2.42. The summed E-state index contributed by atoms with van der Waals surface area (Å²) in [6, 6.07) is 26.4. The summed E-state index contributed by atoms with van der Waals surface area (Å²) >= 11 is 0. The SMILES string of the molecule is CC(=O)c1ccc(-c2cocc2C(O)(c2ccccc2)c2ccccc2)cc1. The number of aliphatic hydroxyl groups is 1. The lowest BCUT2D eigenvalue weighted by Gasteiger charge is -2.29. The van der Waals surface area contributed by atoms with Gasteiger partial charge in [0, 0.05) is 16.7 Å². The van der Waals surface area contributed by atoms with E-state index >= 15 is 0 Å². The first-order valence-electron chi connectivity index (χ1n) is 9.12. The lowest BCUT2D eigenvalue weighted by Crippen LogP contribution is -2.28. The summed E-state index contributed by atoms with van der Waals surface area (Å²) in [7, 11) is 0. The van der Waals surface area contributed by atoms with Crippen molar-refractivity contribution in [1.29, 1.82) is 0 Å². The van der Waals surface area contributed by atoms with E-state index in [1.807, 2.05) is 72.8 Å². The van der Waals surface area contributed by atoms with Gasteiger partial charge in [-0.2, -0.15) is 0 Å². The number of Topliss-reactive ketones (excluding diaryl/α,β-unsaturated/α-hetero) is 1. The molecular weight excluding hydrogens is 348 g/mol. The van der Waals surface area contributed by atoms with Crippen LogP contribution in [-0.2, 0) is 5.60 Å². The Labute approximate surface area is 163 Å². The molecule has 138 valence electrons. The van der Waals surface area contributed by atoms with Crippen LogP contribution in [0, 0.1) is 0 Å². The van der Waals surface area contributed by atoms with Crippen LogP contribution in [0.2, 0.25) is 0 Å². The Balaban J connectivity index is 1.90. The molecule has 4 aromatic rings. The Bertz CT molecular complexity index is 1040. The van der Waals surface area contributed by atoms with Crippen LogP contribution in [0.15, 0.2) is 102 Å². The van der Waals surface area contributed by atoms with Gasteiger partial charge in [0.2, 0.25) is 0 Å². The summed E-state index contributed by atoms with van der Waals surface area (Å²) < 4.78 is 5.54. The minimum atomic E-state index is -1.37. The topological polar surface area (TPSA) is 50.4 Å². The second-order valence-corrected chi connectivity index (χ2v) is 6.78. The zero-order chi connectivity index (χ0) is 19.6. The van der Waals surface area contributed by atoms with E-state index < -0.39 is 5.60 Å². The second-order valence-electron chi connectivity index (χ2n) is 6.78. The molecule has 0 saturated heterocycles. The molecule has 0 amide bonds. The van der Waals surface area contributed by atoms with Crippen LogP contribution < -0.4 is 0 Å². The Kier molecular flexibility index (Phi) is 4.68. The number of furan rings is 1. The molecule has 28 heavy (non-hydrogen) atoms. The average molecular weight is 368 g/mol. The Morgan fingerprint density at radius 3 is 1.82 bits per heavy atom. The number of carbonyl (C=O) groups is 1. The standard InChI is InChI=1S/C25H20O3/c1-18(26)19-12-14-20(15-13-19)23-16-28-17-24(23)25(27,21-8-4-2-5-9-21)22-10-6-3-7-11-22/h2-17,27H,1H3. The monoisotopic (exact) mass is 368 g/mol. The molecule has 0 unspecified atom stereocenters. The molecule has 0 radical (unpaired) electrons. The van der Waals surface area contributed by atoms with E-state index in [1.54, 1.807) is 31.6 Å².